The molecule has 1 saturated carbocycles. The third-order valence-electron chi connectivity index (χ3n) is 5.12. The van der Waals surface area contributed by atoms with Gasteiger partial charge in [0.05, 0.1) is 6.10 Å². The molecular weight excluding hydrogens is 232 g/mol. The van der Waals surface area contributed by atoms with Crippen molar-refractivity contribution in [2.75, 3.05) is 0 Å². The van der Waals surface area contributed by atoms with E-state index in [-0.39, 0.29) is 6.10 Å². The Bertz CT molecular complexity index is 437. The highest BCUT2D eigenvalue weighted by molar-refractivity contribution is 5.39. The lowest BCUT2D eigenvalue weighted by atomic mass is 9.92. The number of fused-ring (bicyclic) bond motifs is 3. The molecule has 1 aromatic rings. The highest BCUT2D eigenvalue weighted by atomic mass is 16.3. The summed E-state index contributed by atoms with van der Waals surface area (Å²) in [5.41, 5.74) is 3.06. The van der Waals surface area contributed by atoms with Gasteiger partial charge in [-0.05, 0) is 54.1 Å². The number of hydrogen-bond acceptors (Lipinski definition) is 1. The lowest BCUT2D eigenvalue weighted by Gasteiger charge is -2.13. The van der Waals surface area contributed by atoms with Crippen LogP contribution < -0.4 is 0 Å². The topological polar surface area (TPSA) is 20.2 Å². The second kappa shape index (κ2) is 5.28. The van der Waals surface area contributed by atoms with Gasteiger partial charge >= 0.3 is 0 Å². The molecule has 0 heterocycles. The van der Waals surface area contributed by atoms with Gasteiger partial charge in [-0.15, -0.1) is 0 Å². The van der Waals surface area contributed by atoms with Gasteiger partial charge in [-0.3, -0.25) is 0 Å². The van der Waals surface area contributed by atoms with Crippen molar-refractivity contribution in [1.29, 1.82) is 0 Å². The molecule has 3 rings (SSSR count). The Morgan fingerprint density at radius 3 is 2.79 bits per heavy atom. The van der Waals surface area contributed by atoms with Crippen LogP contribution in [0.3, 0.4) is 0 Å². The predicted molar refractivity (Wildman–Crippen MR) is 79.2 cm³/mol. The van der Waals surface area contributed by atoms with Gasteiger partial charge < -0.3 is 5.11 Å². The van der Waals surface area contributed by atoms with Crippen LogP contribution in [0.15, 0.2) is 24.3 Å². The van der Waals surface area contributed by atoms with Crippen LogP contribution in [-0.2, 0) is 6.42 Å². The first kappa shape index (κ1) is 13.2. The van der Waals surface area contributed by atoms with Gasteiger partial charge in [0.15, 0.2) is 0 Å². The zero-order chi connectivity index (χ0) is 13.4. The van der Waals surface area contributed by atoms with E-state index in [2.05, 4.69) is 38.1 Å². The molecule has 0 aliphatic heterocycles. The van der Waals surface area contributed by atoms with Crippen LogP contribution in [0.25, 0.3) is 0 Å². The molecule has 0 bridgehead atoms. The van der Waals surface area contributed by atoms with Crippen molar-refractivity contribution < 1.29 is 5.11 Å². The van der Waals surface area contributed by atoms with Crippen LogP contribution in [0.5, 0.6) is 0 Å². The van der Waals surface area contributed by atoms with Gasteiger partial charge in [0.1, 0.15) is 0 Å². The summed E-state index contributed by atoms with van der Waals surface area (Å²) in [6.45, 7) is 4.53. The van der Waals surface area contributed by atoms with E-state index in [1.807, 2.05) is 0 Å². The molecule has 19 heavy (non-hydrogen) atoms. The summed E-state index contributed by atoms with van der Waals surface area (Å²) in [6.07, 6.45) is 5.85. The molecule has 2 aliphatic rings. The van der Waals surface area contributed by atoms with Crippen LogP contribution >= 0.6 is 0 Å². The standard InChI is InChI=1S/C18H26O/c1-12(2)6-5-9-16(19)18-15-11-10-13-7-3-4-8-14(13)17(15)18/h3-4,7-8,12,15-19H,5-6,9-11H2,1-2H3. The van der Waals surface area contributed by atoms with Crippen LogP contribution in [0.2, 0.25) is 0 Å². The Morgan fingerprint density at radius 2 is 2.00 bits per heavy atom. The van der Waals surface area contributed by atoms with Crippen molar-refractivity contribution in [2.45, 2.75) is 58.0 Å². The van der Waals surface area contributed by atoms with Gasteiger partial charge in [0, 0.05) is 0 Å². The summed E-state index contributed by atoms with van der Waals surface area (Å²) >= 11 is 0. The van der Waals surface area contributed by atoms with E-state index in [1.54, 1.807) is 0 Å². The maximum Gasteiger partial charge on any atom is 0.0577 e. The van der Waals surface area contributed by atoms with Crippen molar-refractivity contribution in [3.8, 4) is 0 Å². The van der Waals surface area contributed by atoms with E-state index < -0.39 is 0 Å². The largest absolute Gasteiger partial charge is 0.393 e. The van der Waals surface area contributed by atoms with E-state index in [9.17, 15) is 5.11 Å². The Morgan fingerprint density at radius 1 is 1.21 bits per heavy atom. The Kier molecular flexibility index (Phi) is 3.66. The van der Waals surface area contributed by atoms with Crippen molar-refractivity contribution in [2.24, 2.45) is 17.8 Å². The fourth-order valence-electron chi connectivity index (χ4n) is 4.07. The average molecular weight is 258 g/mol. The Balaban J connectivity index is 1.61. The predicted octanol–water partition coefficient (Wildman–Crippen LogP) is 4.15. The van der Waals surface area contributed by atoms with Crippen molar-refractivity contribution >= 4 is 0 Å². The normalized spacial score (nSPS) is 29.8. The molecule has 104 valence electrons. The average Bonchev–Trinajstić information content (AvgIpc) is 3.13. The van der Waals surface area contributed by atoms with E-state index in [1.165, 1.54) is 36.8 Å². The molecule has 4 atom stereocenters. The minimum atomic E-state index is -0.0695. The molecule has 1 heteroatoms. The monoisotopic (exact) mass is 258 g/mol. The second-order valence-electron chi connectivity index (χ2n) is 6.90. The maximum absolute atomic E-state index is 10.5. The molecule has 0 aromatic heterocycles. The third kappa shape index (κ3) is 2.58. The number of aryl methyl sites for hydroxylation is 1. The number of benzene rings is 1. The fourth-order valence-corrected chi connectivity index (χ4v) is 4.07. The van der Waals surface area contributed by atoms with Gasteiger partial charge in [0.25, 0.3) is 0 Å². The Hall–Kier alpha value is -0.820. The van der Waals surface area contributed by atoms with Crippen LogP contribution in [-0.4, -0.2) is 11.2 Å². The molecule has 0 amide bonds. The summed E-state index contributed by atoms with van der Waals surface area (Å²) in [5.74, 6) is 2.74. The number of hydrogen-bond donors (Lipinski definition) is 1. The molecule has 0 radical (unpaired) electrons. The van der Waals surface area contributed by atoms with Crippen LogP contribution in [0.4, 0.5) is 0 Å². The SMILES string of the molecule is CC(C)CCCC(O)C1C2CCc3ccccc3C21. The van der Waals surface area contributed by atoms with Gasteiger partial charge in [-0.2, -0.15) is 0 Å². The minimum absolute atomic E-state index is 0.0695. The molecular formula is C18H26O. The van der Waals surface area contributed by atoms with Crippen LogP contribution in [0, 0.1) is 17.8 Å². The molecule has 1 nitrogen and oxygen atoms in total. The molecule has 1 aromatic carbocycles. The zero-order valence-electron chi connectivity index (χ0n) is 12.2. The quantitative estimate of drug-likeness (QED) is 0.841. The fraction of sp³-hybridized carbons (Fsp3) is 0.667. The number of aliphatic hydroxyl groups excluding tert-OH is 1. The minimum Gasteiger partial charge on any atom is -0.393 e. The summed E-state index contributed by atoms with van der Waals surface area (Å²) in [4.78, 5) is 0. The molecule has 0 spiro atoms. The summed E-state index contributed by atoms with van der Waals surface area (Å²) in [7, 11) is 0. The van der Waals surface area contributed by atoms with E-state index >= 15 is 0 Å². The first-order valence-electron chi connectivity index (χ1n) is 7.94. The molecule has 4 unspecified atom stereocenters. The van der Waals surface area contributed by atoms with E-state index in [0.717, 1.165) is 18.3 Å². The lowest BCUT2D eigenvalue weighted by Crippen LogP contribution is -2.11. The van der Waals surface area contributed by atoms with Crippen LogP contribution in [0.1, 0.15) is 56.6 Å². The second-order valence-corrected chi connectivity index (χ2v) is 6.90. The maximum atomic E-state index is 10.5. The highest BCUT2D eigenvalue weighted by Gasteiger charge is 2.55. The summed E-state index contributed by atoms with van der Waals surface area (Å²) in [6, 6.07) is 8.86. The smallest absolute Gasteiger partial charge is 0.0577 e. The van der Waals surface area contributed by atoms with Crippen molar-refractivity contribution in [3.63, 3.8) is 0 Å². The van der Waals surface area contributed by atoms with E-state index in [4.69, 9.17) is 0 Å². The van der Waals surface area contributed by atoms with Gasteiger partial charge in [0.2, 0.25) is 0 Å². The first-order valence-corrected chi connectivity index (χ1v) is 7.94. The van der Waals surface area contributed by atoms with E-state index in [0.29, 0.717) is 11.8 Å². The van der Waals surface area contributed by atoms with Crippen molar-refractivity contribution in [3.05, 3.63) is 35.4 Å². The Labute approximate surface area is 117 Å². The van der Waals surface area contributed by atoms with Crippen molar-refractivity contribution in [1.82, 2.24) is 0 Å². The van der Waals surface area contributed by atoms with Gasteiger partial charge in [-0.1, -0.05) is 51.0 Å². The highest BCUT2D eigenvalue weighted by Crippen LogP contribution is 2.61. The molecule has 0 saturated heterocycles. The molecule has 1 fully saturated rings. The zero-order valence-corrected chi connectivity index (χ0v) is 12.2. The molecule has 2 aliphatic carbocycles. The number of aliphatic hydroxyl groups is 1. The van der Waals surface area contributed by atoms with Gasteiger partial charge in [-0.25, -0.2) is 0 Å². The summed E-state index contributed by atoms with van der Waals surface area (Å²) < 4.78 is 0. The third-order valence-corrected chi connectivity index (χ3v) is 5.12. The number of rotatable bonds is 5. The first-order chi connectivity index (χ1) is 9.18. The lowest BCUT2D eigenvalue weighted by molar-refractivity contribution is 0.129. The molecule has 1 N–H and O–H groups in total. The summed E-state index contributed by atoms with van der Waals surface area (Å²) in [5, 5.41) is 10.5.